The molecule has 0 atom stereocenters. The Morgan fingerprint density at radius 1 is 0.543 bits per heavy atom. The van der Waals surface area contributed by atoms with Crippen LogP contribution in [0.1, 0.15) is 130 Å². The average Bonchev–Trinajstić information content (AvgIpc) is 2.87. The number of nitrogens with one attached hydrogen (secondary N) is 1. The molecule has 0 bridgehead atoms. The van der Waals surface area contributed by atoms with Gasteiger partial charge in [-0.15, -0.1) is 0 Å². The van der Waals surface area contributed by atoms with Crippen molar-refractivity contribution < 1.29 is 0 Å². The maximum atomic E-state index is 7.47. The first-order valence-corrected chi connectivity index (χ1v) is 15.3. The van der Waals surface area contributed by atoms with E-state index in [1.54, 1.807) is 6.21 Å². The summed E-state index contributed by atoms with van der Waals surface area (Å²) in [5, 5.41) is 7.47. The van der Waals surface area contributed by atoms with Gasteiger partial charge in [-0.25, -0.2) is 0 Å². The van der Waals surface area contributed by atoms with Gasteiger partial charge in [-0.1, -0.05) is 104 Å². The fraction of sp³-hybridized carbons (Fsp3) is 0.871. The van der Waals surface area contributed by atoms with Gasteiger partial charge < -0.3 is 10.3 Å². The van der Waals surface area contributed by atoms with Crippen molar-refractivity contribution in [2.75, 3.05) is 45.8 Å². The fourth-order valence-corrected chi connectivity index (χ4v) is 4.36. The van der Waals surface area contributed by atoms with Crippen molar-refractivity contribution in [1.29, 1.82) is 5.41 Å². The smallest absolute Gasteiger partial charge is 0.0385 e. The Kier molecular flexibility index (Phi) is 28.4. The third-order valence-electron chi connectivity index (χ3n) is 6.75. The van der Waals surface area contributed by atoms with Crippen molar-refractivity contribution in [2.45, 2.75) is 130 Å². The van der Waals surface area contributed by atoms with Crippen LogP contribution in [0, 0.1) is 5.41 Å². The van der Waals surface area contributed by atoms with E-state index >= 15 is 0 Å². The van der Waals surface area contributed by atoms with Crippen LogP contribution in [0.2, 0.25) is 0 Å². The van der Waals surface area contributed by atoms with Gasteiger partial charge in [-0.3, -0.25) is 9.89 Å². The number of hydrogen-bond donors (Lipinski definition) is 1. The van der Waals surface area contributed by atoms with Crippen LogP contribution in [-0.4, -0.2) is 68.0 Å². The molecule has 206 valence electrons. The highest BCUT2D eigenvalue weighted by Gasteiger charge is 2.08. The lowest BCUT2D eigenvalue weighted by molar-refractivity contribution is 0.218. The molecular weight excluding hydrogens is 428 g/mol. The zero-order valence-corrected chi connectivity index (χ0v) is 24.1. The van der Waals surface area contributed by atoms with Gasteiger partial charge in [0.15, 0.2) is 0 Å². The molecule has 4 heteroatoms. The maximum absolute atomic E-state index is 7.47. The van der Waals surface area contributed by atoms with E-state index in [2.05, 4.69) is 53.9 Å². The van der Waals surface area contributed by atoms with Crippen LogP contribution in [0.5, 0.6) is 0 Å². The molecule has 0 amide bonds. The lowest BCUT2D eigenvalue weighted by atomic mass is 10.1. The van der Waals surface area contributed by atoms with Crippen molar-refractivity contribution in [3.05, 3.63) is 12.2 Å². The van der Waals surface area contributed by atoms with Gasteiger partial charge in [0.2, 0.25) is 0 Å². The molecule has 0 saturated carbocycles. The summed E-state index contributed by atoms with van der Waals surface area (Å²) in [5.74, 6) is 0. The van der Waals surface area contributed by atoms with Crippen molar-refractivity contribution >= 4 is 12.4 Å². The average molecular weight is 491 g/mol. The molecule has 0 fully saturated rings. The molecule has 0 aliphatic heterocycles. The highest BCUT2D eigenvalue weighted by molar-refractivity contribution is 5.57. The Bertz CT molecular complexity index is 475. The largest absolute Gasteiger partial charge is 0.313 e. The molecule has 0 aromatic heterocycles. The van der Waals surface area contributed by atoms with Crippen LogP contribution in [0.25, 0.3) is 0 Å². The van der Waals surface area contributed by atoms with Gasteiger partial charge in [-0.2, -0.15) is 0 Å². The molecule has 0 aliphatic carbocycles. The molecule has 4 nitrogen and oxygen atoms in total. The second-order valence-corrected chi connectivity index (χ2v) is 10.2. The maximum Gasteiger partial charge on any atom is 0.0385 e. The summed E-state index contributed by atoms with van der Waals surface area (Å²) < 4.78 is 0. The number of hydrogen-bond acceptors (Lipinski definition) is 4. The van der Waals surface area contributed by atoms with Gasteiger partial charge in [0.1, 0.15) is 0 Å². The molecule has 0 aromatic rings. The van der Waals surface area contributed by atoms with Gasteiger partial charge in [-0.05, 0) is 57.5 Å². The van der Waals surface area contributed by atoms with Crippen molar-refractivity contribution in [1.82, 2.24) is 9.80 Å². The molecule has 0 spiro atoms. The molecule has 0 aromatic carbocycles. The van der Waals surface area contributed by atoms with E-state index in [4.69, 9.17) is 5.41 Å². The van der Waals surface area contributed by atoms with Crippen LogP contribution >= 0.6 is 0 Å². The van der Waals surface area contributed by atoms with Crippen LogP contribution in [0.3, 0.4) is 0 Å². The van der Waals surface area contributed by atoms with E-state index in [1.165, 1.54) is 103 Å². The zero-order valence-electron chi connectivity index (χ0n) is 24.1. The first-order valence-electron chi connectivity index (χ1n) is 15.3. The predicted molar refractivity (Wildman–Crippen MR) is 160 cm³/mol. The van der Waals surface area contributed by atoms with Crippen molar-refractivity contribution in [3.63, 3.8) is 0 Å². The first kappa shape index (κ1) is 34.0. The third kappa shape index (κ3) is 25.9. The normalized spacial score (nSPS) is 12.1. The summed E-state index contributed by atoms with van der Waals surface area (Å²) in [6.45, 7) is 14.4. The SMILES string of the molecule is CCCCCC/C=C/CN(CCCCCCCCC)CCN(CCC=N)CCC=NCCCCC. The quantitative estimate of drug-likeness (QED) is 0.0678. The molecule has 0 saturated heterocycles. The Hall–Kier alpha value is -1.00. The standard InChI is InChI=1S/C31H62N4/c1-4-7-10-12-14-16-19-26-34(27-20-17-15-13-11-8-5-2)30-31-35(28-21-23-32)29-22-25-33-24-18-9-6-3/h16,19,23,25,32H,4-15,17-18,20-22,24,26-31H2,1-3H3/b19-16+,32-23?,33-25?. The van der Waals surface area contributed by atoms with Gasteiger partial charge in [0.25, 0.3) is 0 Å². The topological polar surface area (TPSA) is 42.7 Å². The molecule has 1 N–H and O–H groups in total. The van der Waals surface area contributed by atoms with Gasteiger partial charge >= 0.3 is 0 Å². The summed E-state index contributed by atoms with van der Waals surface area (Å²) in [6.07, 6.45) is 30.4. The number of nitrogens with zero attached hydrogens (tertiary/aromatic N) is 3. The van der Waals surface area contributed by atoms with E-state index < -0.39 is 0 Å². The first-order chi connectivity index (χ1) is 17.3. The molecule has 35 heavy (non-hydrogen) atoms. The number of aliphatic imine (C=N–C) groups is 1. The summed E-state index contributed by atoms with van der Waals surface area (Å²) in [4.78, 5) is 9.79. The van der Waals surface area contributed by atoms with E-state index in [-0.39, 0.29) is 0 Å². The lowest BCUT2D eigenvalue weighted by Crippen LogP contribution is -2.37. The predicted octanol–water partition coefficient (Wildman–Crippen LogP) is 8.56. The molecule has 0 rings (SSSR count). The molecular formula is C31H62N4. The lowest BCUT2D eigenvalue weighted by Gasteiger charge is -2.26. The van der Waals surface area contributed by atoms with Crippen molar-refractivity contribution in [2.24, 2.45) is 4.99 Å². The van der Waals surface area contributed by atoms with Crippen molar-refractivity contribution in [3.8, 4) is 0 Å². The monoisotopic (exact) mass is 490 g/mol. The van der Waals surface area contributed by atoms with E-state index in [0.717, 1.165) is 52.1 Å². The van der Waals surface area contributed by atoms with Crippen LogP contribution in [0.4, 0.5) is 0 Å². The molecule has 0 heterocycles. The summed E-state index contributed by atoms with van der Waals surface area (Å²) in [5.41, 5.74) is 0. The Labute approximate surface area is 220 Å². The van der Waals surface area contributed by atoms with Gasteiger partial charge in [0, 0.05) is 39.3 Å². The number of rotatable bonds is 28. The minimum atomic E-state index is 0.850. The molecule has 0 unspecified atom stereocenters. The fourth-order valence-electron chi connectivity index (χ4n) is 4.36. The Balaban J connectivity index is 4.50. The summed E-state index contributed by atoms with van der Waals surface area (Å²) in [6, 6.07) is 0. The highest BCUT2D eigenvalue weighted by atomic mass is 15.2. The number of unbranched alkanes of at least 4 members (excludes halogenated alkanes) is 12. The minimum absolute atomic E-state index is 0.850. The molecule has 0 aliphatic rings. The van der Waals surface area contributed by atoms with Crippen LogP contribution in [-0.2, 0) is 0 Å². The van der Waals surface area contributed by atoms with E-state index in [9.17, 15) is 0 Å². The Morgan fingerprint density at radius 3 is 1.86 bits per heavy atom. The summed E-state index contributed by atoms with van der Waals surface area (Å²) in [7, 11) is 0. The third-order valence-corrected chi connectivity index (χ3v) is 6.75. The second-order valence-electron chi connectivity index (χ2n) is 10.2. The number of allylic oxidation sites excluding steroid dienone is 1. The van der Waals surface area contributed by atoms with Crippen LogP contribution < -0.4 is 0 Å². The zero-order chi connectivity index (χ0) is 25.7. The van der Waals surface area contributed by atoms with Gasteiger partial charge in [0.05, 0.1) is 0 Å². The minimum Gasteiger partial charge on any atom is -0.313 e. The molecule has 0 radical (unpaired) electrons. The van der Waals surface area contributed by atoms with Crippen LogP contribution in [0.15, 0.2) is 17.1 Å². The highest BCUT2D eigenvalue weighted by Crippen LogP contribution is 2.08. The van der Waals surface area contributed by atoms with E-state index in [0.29, 0.717) is 0 Å². The second kappa shape index (κ2) is 29.2. The summed E-state index contributed by atoms with van der Waals surface area (Å²) >= 11 is 0. The Morgan fingerprint density at radius 2 is 1.14 bits per heavy atom. The van der Waals surface area contributed by atoms with E-state index in [1.807, 2.05) is 0 Å².